The van der Waals surface area contributed by atoms with Gasteiger partial charge in [0.25, 0.3) is 0 Å². The van der Waals surface area contributed by atoms with E-state index in [1.807, 2.05) is 13.8 Å². The number of benzene rings is 1. The molecule has 0 atom stereocenters. The molecule has 0 spiro atoms. The SMILES string of the molecule is COc1c(C)c(OC)c2c(=O)cc(C)oc2c1C. The minimum absolute atomic E-state index is 0.0977. The van der Waals surface area contributed by atoms with Crippen LogP contribution in [0.2, 0.25) is 0 Å². The molecule has 0 N–H and O–H groups in total. The Hall–Kier alpha value is -1.97. The zero-order chi connectivity index (χ0) is 13.4. The lowest BCUT2D eigenvalue weighted by Gasteiger charge is -2.15. The maximum absolute atomic E-state index is 12.1. The van der Waals surface area contributed by atoms with Crippen molar-refractivity contribution in [2.24, 2.45) is 0 Å². The highest BCUT2D eigenvalue weighted by Crippen LogP contribution is 2.38. The van der Waals surface area contributed by atoms with Crippen LogP contribution >= 0.6 is 0 Å². The standard InChI is InChI=1S/C14H16O4/c1-7-6-10(15)11-13(17-5)8(2)12(16-4)9(3)14(11)18-7/h6H,1-5H3. The molecule has 18 heavy (non-hydrogen) atoms. The van der Waals surface area contributed by atoms with Crippen LogP contribution in [0, 0.1) is 20.8 Å². The molecule has 0 saturated heterocycles. The summed E-state index contributed by atoms with van der Waals surface area (Å²) in [6.45, 7) is 5.48. The Bertz CT molecular complexity index is 668. The minimum atomic E-state index is -0.0977. The zero-order valence-corrected chi connectivity index (χ0v) is 11.2. The Morgan fingerprint density at radius 3 is 2.17 bits per heavy atom. The second-order valence-corrected chi connectivity index (χ2v) is 4.24. The molecule has 4 heteroatoms. The zero-order valence-electron chi connectivity index (χ0n) is 11.2. The highest BCUT2D eigenvalue weighted by atomic mass is 16.5. The van der Waals surface area contributed by atoms with Gasteiger partial charge in [0.1, 0.15) is 28.2 Å². The van der Waals surface area contributed by atoms with Crippen molar-refractivity contribution in [1.82, 2.24) is 0 Å². The van der Waals surface area contributed by atoms with Crippen LogP contribution in [0.15, 0.2) is 15.3 Å². The summed E-state index contributed by atoms with van der Waals surface area (Å²) in [5.41, 5.74) is 2.05. The van der Waals surface area contributed by atoms with E-state index in [9.17, 15) is 4.79 Å². The summed E-state index contributed by atoms with van der Waals surface area (Å²) in [6.07, 6.45) is 0. The van der Waals surface area contributed by atoms with Crippen molar-refractivity contribution in [1.29, 1.82) is 0 Å². The Kier molecular flexibility index (Phi) is 3.03. The Labute approximate surface area is 105 Å². The number of fused-ring (bicyclic) bond motifs is 1. The summed E-state index contributed by atoms with van der Waals surface area (Å²) in [6, 6.07) is 1.47. The van der Waals surface area contributed by atoms with Crippen LogP contribution in [-0.2, 0) is 0 Å². The van der Waals surface area contributed by atoms with Gasteiger partial charge in [0.15, 0.2) is 5.43 Å². The van der Waals surface area contributed by atoms with Crippen LogP contribution in [0.5, 0.6) is 11.5 Å². The number of hydrogen-bond acceptors (Lipinski definition) is 4. The molecule has 1 aromatic heterocycles. The van der Waals surface area contributed by atoms with Crippen molar-refractivity contribution >= 4 is 11.0 Å². The summed E-state index contributed by atoms with van der Waals surface area (Å²) in [7, 11) is 3.13. The lowest BCUT2D eigenvalue weighted by Crippen LogP contribution is -2.06. The molecule has 2 rings (SSSR count). The lowest BCUT2D eigenvalue weighted by atomic mass is 10.0. The van der Waals surface area contributed by atoms with Gasteiger partial charge >= 0.3 is 0 Å². The molecule has 0 aliphatic carbocycles. The average Bonchev–Trinajstić information content (AvgIpc) is 2.31. The van der Waals surface area contributed by atoms with E-state index >= 15 is 0 Å². The van der Waals surface area contributed by atoms with Gasteiger partial charge in [-0.25, -0.2) is 0 Å². The molecule has 0 bridgehead atoms. The molecule has 0 unspecified atom stereocenters. The first-order valence-electron chi connectivity index (χ1n) is 5.66. The summed E-state index contributed by atoms with van der Waals surface area (Å²) in [5, 5.41) is 0.471. The molecule has 0 aliphatic rings. The number of aryl methyl sites for hydroxylation is 2. The predicted molar refractivity (Wildman–Crippen MR) is 69.8 cm³/mol. The fourth-order valence-corrected chi connectivity index (χ4v) is 2.33. The third-order valence-electron chi connectivity index (χ3n) is 3.07. The van der Waals surface area contributed by atoms with E-state index in [1.165, 1.54) is 13.2 Å². The van der Waals surface area contributed by atoms with Crippen molar-refractivity contribution in [3.05, 3.63) is 33.2 Å². The van der Waals surface area contributed by atoms with Gasteiger partial charge in [0.05, 0.1) is 14.2 Å². The summed E-state index contributed by atoms with van der Waals surface area (Å²) in [4.78, 5) is 12.1. The molecule has 0 amide bonds. The van der Waals surface area contributed by atoms with Gasteiger partial charge in [-0.05, 0) is 20.8 Å². The molecule has 0 aliphatic heterocycles. The quantitative estimate of drug-likeness (QED) is 0.820. The van der Waals surface area contributed by atoms with Crippen LogP contribution in [0.3, 0.4) is 0 Å². The van der Waals surface area contributed by atoms with E-state index in [1.54, 1.807) is 14.0 Å². The van der Waals surface area contributed by atoms with Gasteiger partial charge < -0.3 is 13.9 Å². The van der Waals surface area contributed by atoms with Gasteiger partial charge in [-0.15, -0.1) is 0 Å². The average molecular weight is 248 g/mol. The summed E-state index contributed by atoms with van der Waals surface area (Å²) in [5.74, 6) is 1.78. The van der Waals surface area contributed by atoms with Gasteiger partial charge in [0, 0.05) is 17.2 Å². The minimum Gasteiger partial charge on any atom is -0.496 e. The van der Waals surface area contributed by atoms with Crippen molar-refractivity contribution in [2.75, 3.05) is 14.2 Å². The van der Waals surface area contributed by atoms with Crippen molar-refractivity contribution in [3.8, 4) is 11.5 Å². The number of ether oxygens (including phenoxy) is 2. The van der Waals surface area contributed by atoms with Gasteiger partial charge in [-0.1, -0.05) is 0 Å². The summed E-state index contributed by atoms with van der Waals surface area (Å²) < 4.78 is 16.4. The first-order valence-corrected chi connectivity index (χ1v) is 5.66. The fraction of sp³-hybridized carbons (Fsp3) is 0.357. The van der Waals surface area contributed by atoms with Crippen molar-refractivity contribution in [2.45, 2.75) is 20.8 Å². The van der Waals surface area contributed by atoms with E-state index < -0.39 is 0 Å². The second-order valence-electron chi connectivity index (χ2n) is 4.24. The third kappa shape index (κ3) is 1.65. The molecule has 4 nitrogen and oxygen atoms in total. The molecule has 0 radical (unpaired) electrons. The molecular weight excluding hydrogens is 232 g/mol. The Morgan fingerprint density at radius 2 is 1.61 bits per heavy atom. The van der Waals surface area contributed by atoms with Crippen molar-refractivity contribution in [3.63, 3.8) is 0 Å². The lowest BCUT2D eigenvalue weighted by molar-refractivity contribution is 0.388. The maximum atomic E-state index is 12.1. The predicted octanol–water partition coefficient (Wildman–Crippen LogP) is 2.74. The number of hydrogen-bond donors (Lipinski definition) is 0. The van der Waals surface area contributed by atoms with E-state index in [0.717, 1.165) is 11.1 Å². The first kappa shape index (κ1) is 12.5. The normalized spacial score (nSPS) is 10.7. The number of rotatable bonds is 2. The van der Waals surface area contributed by atoms with Crippen LogP contribution in [-0.4, -0.2) is 14.2 Å². The van der Waals surface area contributed by atoms with Crippen molar-refractivity contribution < 1.29 is 13.9 Å². The smallest absolute Gasteiger partial charge is 0.196 e. The topological polar surface area (TPSA) is 48.7 Å². The van der Waals surface area contributed by atoms with Crippen LogP contribution in [0.1, 0.15) is 16.9 Å². The molecular formula is C14H16O4. The van der Waals surface area contributed by atoms with Gasteiger partial charge in [-0.3, -0.25) is 4.79 Å². The van der Waals surface area contributed by atoms with Crippen LogP contribution in [0.4, 0.5) is 0 Å². The Balaban J connectivity index is 3.09. The second kappa shape index (κ2) is 4.37. The highest BCUT2D eigenvalue weighted by Gasteiger charge is 2.19. The monoisotopic (exact) mass is 248 g/mol. The largest absolute Gasteiger partial charge is 0.496 e. The van der Waals surface area contributed by atoms with E-state index in [-0.39, 0.29) is 5.43 Å². The van der Waals surface area contributed by atoms with Gasteiger partial charge in [-0.2, -0.15) is 0 Å². The maximum Gasteiger partial charge on any atom is 0.196 e. The fourth-order valence-electron chi connectivity index (χ4n) is 2.33. The molecule has 0 saturated carbocycles. The van der Waals surface area contributed by atoms with E-state index in [2.05, 4.69) is 0 Å². The molecule has 1 heterocycles. The molecule has 0 fully saturated rings. The van der Waals surface area contributed by atoms with E-state index in [0.29, 0.717) is 28.2 Å². The molecule has 1 aromatic carbocycles. The third-order valence-corrected chi connectivity index (χ3v) is 3.07. The van der Waals surface area contributed by atoms with Gasteiger partial charge in [0.2, 0.25) is 0 Å². The molecule has 2 aromatic rings. The summed E-state index contributed by atoms with van der Waals surface area (Å²) >= 11 is 0. The first-order chi connectivity index (χ1) is 8.51. The number of methoxy groups -OCH3 is 2. The van der Waals surface area contributed by atoms with Crippen LogP contribution < -0.4 is 14.9 Å². The molecule has 96 valence electrons. The highest BCUT2D eigenvalue weighted by molar-refractivity contribution is 5.90. The Morgan fingerprint density at radius 1 is 1.00 bits per heavy atom. The van der Waals surface area contributed by atoms with Crippen LogP contribution in [0.25, 0.3) is 11.0 Å². The van der Waals surface area contributed by atoms with E-state index in [4.69, 9.17) is 13.9 Å².